The number of rotatable bonds is 5. The largest absolute Gasteiger partial charge is 0.306 e. The van der Waals surface area contributed by atoms with Crippen LogP contribution in [0, 0.1) is 19.7 Å². The number of benzene rings is 7. The Morgan fingerprint density at radius 3 is 1.65 bits per heavy atom. The Balaban J connectivity index is 1.47. The molecule has 7 aromatic carbocycles. The third-order valence-corrected chi connectivity index (χ3v) is 10.4. The molecule has 2 aliphatic carbocycles. The molecule has 0 aromatic heterocycles. The number of hydrogen-bond donors (Lipinski definition) is 0. The van der Waals surface area contributed by atoms with E-state index in [2.05, 4.69) is 140 Å². The second-order valence-corrected chi connectivity index (χ2v) is 13.1. The molecule has 0 unspecified atom stereocenters. The highest BCUT2D eigenvalue weighted by Gasteiger charge is 2.35. The van der Waals surface area contributed by atoms with Crippen molar-refractivity contribution in [2.75, 3.05) is 4.90 Å². The molecule has 2 heteroatoms. The molecule has 0 radical (unpaired) electrons. The van der Waals surface area contributed by atoms with E-state index in [0.29, 0.717) is 5.69 Å². The zero-order valence-electron chi connectivity index (χ0n) is 27.1. The SMILES string of the molecule is Cc1cc2c(c(N(c3ccccc3F)c3c4c(cc(-c5ccccc5)c3-c3ccccc3)-c3ccccc3C4)c1C)Cc1ccccc1-2. The predicted molar refractivity (Wildman–Crippen MR) is 198 cm³/mol. The lowest BCUT2D eigenvalue weighted by Crippen LogP contribution is -2.19. The number of fused-ring (bicyclic) bond motifs is 6. The molecular weight excluding hydrogens is 586 g/mol. The van der Waals surface area contributed by atoms with Gasteiger partial charge in [-0.15, -0.1) is 0 Å². The Labute approximate surface area is 281 Å². The molecule has 0 aliphatic heterocycles. The fourth-order valence-corrected chi connectivity index (χ4v) is 8.03. The first-order valence-corrected chi connectivity index (χ1v) is 16.7. The second-order valence-electron chi connectivity index (χ2n) is 13.1. The zero-order valence-corrected chi connectivity index (χ0v) is 27.1. The van der Waals surface area contributed by atoms with E-state index >= 15 is 4.39 Å². The molecule has 1 nitrogen and oxygen atoms in total. The Morgan fingerprint density at radius 1 is 0.479 bits per heavy atom. The minimum Gasteiger partial charge on any atom is -0.306 e. The van der Waals surface area contributed by atoms with Crippen molar-refractivity contribution in [3.63, 3.8) is 0 Å². The molecule has 0 saturated heterocycles. The van der Waals surface area contributed by atoms with Gasteiger partial charge in [-0.05, 0) is 104 Å². The maximum atomic E-state index is 16.6. The first-order chi connectivity index (χ1) is 23.6. The predicted octanol–water partition coefficient (Wildman–Crippen LogP) is 12.4. The first kappa shape index (κ1) is 28.5. The van der Waals surface area contributed by atoms with Crippen molar-refractivity contribution in [1.29, 1.82) is 0 Å². The number of para-hydroxylation sites is 1. The van der Waals surface area contributed by atoms with E-state index in [1.54, 1.807) is 12.1 Å². The van der Waals surface area contributed by atoms with E-state index in [-0.39, 0.29) is 5.82 Å². The van der Waals surface area contributed by atoms with Crippen molar-refractivity contribution in [2.24, 2.45) is 0 Å². The molecule has 9 rings (SSSR count). The van der Waals surface area contributed by atoms with Gasteiger partial charge in [0.2, 0.25) is 0 Å². The molecule has 0 saturated carbocycles. The molecule has 0 amide bonds. The van der Waals surface area contributed by atoms with Crippen LogP contribution in [0.4, 0.5) is 21.5 Å². The Hall–Kier alpha value is -5.73. The smallest absolute Gasteiger partial charge is 0.147 e. The van der Waals surface area contributed by atoms with Crippen molar-refractivity contribution >= 4 is 17.1 Å². The van der Waals surface area contributed by atoms with Crippen molar-refractivity contribution in [2.45, 2.75) is 26.7 Å². The van der Waals surface area contributed by atoms with Crippen LogP contribution in [0.1, 0.15) is 33.4 Å². The fourth-order valence-electron chi connectivity index (χ4n) is 8.03. The number of hydrogen-bond acceptors (Lipinski definition) is 1. The average molecular weight is 620 g/mol. The van der Waals surface area contributed by atoms with Crippen molar-refractivity contribution < 1.29 is 4.39 Å². The standard InChI is InChI=1S/C46H34FN/c1-29-25-38-35-21-11-9-19-33(35)26-40(38)45(30(29)2)48(43-24-14-13-23-42(43)47)46-41-27-34-20-10-12-22-36(34)39(41)28-37(31-15-5-3-6-16-31)44(46)32-17-7-4-8-18-32/h3-25,28H,26-27H2,1-2H3. The maximum Gasteiger partial charge on any atom is 0.147 e. The van der Waals surface area contributed by atoms with E-state index in [9.17, 15) is 0 Å². The van der Waals surface area contributed by atoms with Crippen LogP contribution < -0.4 is 4.90 Å². The van der Waals surface area contributed by atoms with E-state index < -0.39 is 0 Å². The van der Waals surface area contributed by atoms with E-state index in [1.165, 1.54) is 50.1 Å². The third kappa shape index (κ3) is 4.37. The molecule has 2 aliphatic rings. The number of nitrogens with zero attached hydrogens (tertiary/aromatic N) is 1. The summed E-state index contributed by atoms with van der Waals surface area (Å²) in [6, 6.07) is 50.8. The topological polar surface area (TPSA) is 3.24 Å². The zero-order chi connectivity index (χ0) is 32.4. The summed E-state index contributed by atoms with van der Waals surface area (Å²) in [4.78, 5) is 2.29. The van der Waals surface area contributed by atoms with Gasteiger partial charge in [0, 0.05) is 18.4 Å². The second kappa shape index (κ2) is 11.2. The Bertz CT molecular complexity index is 2370. The van der Waals surface area contributed by atoms with Crippen molar-refractivity contribution in [3.05, 3.63) is 185 Å². The monoisotopic (exact) mass is 619 g/mol. The Morgan fingerprint density at radius 2 is 1.00 bits per heavy atom. The number of anilines is 3. The van der Waals surface area contributed by atoms with Crippen molar-refractivity contribution in [3.8, 4) is 44.5 Å². The fraction of sp³-hybridized carbons (Fsp3) is 0.0870. The lowest BCUT2D eigenvalue weighted by atomic mass is 9.86. The van der Waals surface area contributed by atoms with Gasteiger partial charge in [0.25, 0.3) is 0 Å². The van der Waals surface area contributed by atoms with E-state index in [1.807, 2.05) is 12.1 Å². The lowest BCUT2D eigenvalue weighted by Gasteiger charge is -2.35. The van der Waals surface area contributed by atoms with Crippen molar-refractivity contribution in [1.82, 2.24) is 0 Å². The molecule has 230 valence electrons. The summed E-state index contributed by atoms with van der Waals surface area (Å²) in [5.41, 5.74) is 19.6. The van der Waals surface area contributed by atoms with Crippen LogP contribution in [0.2, 0.25) is 0 Å². The average Bonchev–Trinajstić information content (AvgIpc) is 3.69. The van der Waals surface area contributed by atoms with Gasteiger partial charge >= 0.3 is 0 Å². The molecule has 0 N–H and O–H groups in total. The molecule has 0 heterocycles. The van der Waals surface area contributed by atoms with Gasteiger partial charge in [-0.1, -0.05) is 127 Å². The first-order valence-electron chi connectivity index (χ1n) is 16.7. The summed E-state index contributed by atoms with van der Waals surface area (Å²) in [6.07, 6.45) is 1.57. The molecule has 0 fully saturated rings. The van der Waals surface area contributed by atoms with Gasteiger partial charge in [0.15, 0.2) is 0 Å². The summed E-state index contributed by atoms with van der Waals surface area (Å²) in [6.45, 7) is 4.40. The maximum absolute atomic E-state index is 16.6. The minimum absolute atomic E-state index is 0.240. The lowest BCUT2D eigenvalue weighted by molar-refractivity contribution is 0.628. The number of halogens is 1. The van der Waals surface area contributed by atoms with Gasteiger partial charge < -0.3 is 4.90 Å². The third-order valence-electron chi connectivity index (χ3n) is 10.4. The van der Waals surface area contributed by atoms with E-state index in [0.717, 1.165) is 52.0 Å². The van der Waals surface area contributed by atoms with Crippen LogP contribution in [-0.2, 0) is 12.8 Å². The molecular formula is C46H34FN. The van der Waals surface area contributed by atoms with Gasteiger partial charge in [0.05, 0.1) is 17.1 Å². The van der Waals surface area contributed by atoms with Gasteiger partial charge in [-0.2, -0.15) is 0 Å². The summed E-state index contributed by atoms with van der Waals surface area (Å²) in [5, 5.41) is 0. The molecule has 0 atom stereocenters. The van der Waals surface area contributed by atoms with Gasteiger partial charge in [0.1, 0.15) is 5.82 Å². The number of aryl methyl sites for hydroxylation is 1. The van der Waals surface area contributed by atoms with E-state index in [4.69, 9.17) is 0 Å². The summed E-state index contributed by atoms with van der Waals surface area (Å²) in [5.74, 6) is -0.240. The van der Waals surface area contributed by atoms with Gasteiger partial charge in [-0.3, -0.25) is 0 Å². The Kier molecular flexibility index (Phi) is 6.65. The highest BCUT2D eigenvalue weighted by molar-refractivity contribution is 6.05. The quantitative estimate of drug-likeness (QED) is 0.185. The summed E-state index contributed by atoms with van der Waals surface area (Å²) in [7, 11) is 0. The summed E-state index contributed by atoms with van der Waals surface area (Å²) >= 11 is 0. The highest BCUT2D eigenvalue weighted by Crippen LogP contribution is 2.56. The van der Waals surface area contributed by atoms with Crippen LogP contribution in [0.5, 0.6) is 0 Å². The molecule has 7 aromatic rings. The minimum atomic E-state index is -0.240. The molecule has 0 spiro atoms. The highest BCUT2D eigenvalue weighted by atomic mass is 19.1. The van der Waals surface area contributed by atoms with Crippen LogP contribution in [-0.4, -0.2) is 0 Å². The van der Waals surface area contributed by atoms with Crippen LogP contribution in [0.25, 0.3) is 44.5 Å². The summed E-state index contributed by atoms with van der Waals surface area (Å²) < 4.78 is 16.6. The van der Waals surface area contributed by atoms with Crippen LogP contribution in [0.3, 0.4) is 0 Å². The molecule has 48 heavy (non-hydrogen) atoms. The van der Waals surface area contributed by atoms with Gasteiger partial charge in [-0.25, -0.2) is 4.39 Å². The molecule has 0 bridgehead atoms. The van der Waals surface area contributed by atoms with Crippen LogP contribution >= 0.6 is 0 Å². The normalized spacial score (nSPS) is 12.3. The van der Waals surface area contributed by atoms with Crippen LogP contribution in [0.15, 0.2) is 146 Å².